The Morgan fingerprint density at radius 3 is 1.45 bits per heavy atom. The molecule has 3 amide bonds. The fraction of sp³-hybridized carbons (Fsp3) is 0.386. The molecule has 6 aromatic rings. The summed E-state index contributed by atoms with van der Waals surface area (Å²) in [7, 11) is 0. The van der Waals surface area contributed by atoms with E-state index in [2.05, 4.69) is 25.5 Å². The Morgan fingerprint density at radius 2 is 1.08 bits per heavy atom. The SMILES string of the molecule is CC(C)(O)C(=O)N1CCN(C(=O)c2cn3nc(-c4ccc(F)cc4)cc(C(F)(F)F)c3n2)C(C)(C)C1.CC1(C)CNCCN1C(=O)c1cn2nc(-c3ccc(F)cc3)cc(C(F)(F)F)c2n1. The molecule has 0 unspecified atom stereocenters. The van der Waals surface area contributed by atoms with Gasteiger partial charge in [-0.25, -0.2) is 27.8 Å². The van der Waals surface area contributed by atoms with E-state index < -0.39 is 80.8 Å². The number of imidazole rings is 2. The van der Waals surface area contributed by atoms with Gasteiger partial charge in [0.05, 0.1) is 34.9 Å². The maximum Gasteiger partial charge on any atom is 0.420 e. The summed E-state index contributed by atoms with van der Waals surface area (Å²) in [5.74, 6) is -2.60. The van der Waals surface area contributed by atoms with Crippen molar-refractivity contribution in [1.82, 2.24) is 49.2 Å². The van der Waals surface area contributed by atoms with Crippen LogP contribution in [0.3, 0.4) is 0 Å². The van der Waals surface area contributed by atoms with Crippen molar-refractivity contribution in [3.05, 3.63) is 107 Å². The second kappa shape index (κ2) is 17.0. The minimum Gasteiger partial charge on any atom is -0.381 e. The number of hydrogen-bond donors (Lipinski definition) is 2. The van der Waals surface area contributed by atoms with E-state index >= 15 is 0 Å². The van der Waals surface area contributed by atoms with Crippen molar-refractivity contribution in [3.8, 4) is 22.5 Å². The zero-order valence-corrected chi connectivity index (χ0v) is 36.4. The monoisotopic (exact) mass is 928 g/mol. The highest BCUT2D eigenvalue weighted by Gasteiger charge is 2.43. The van der Waals surface area contributed by atoms with Crippen LogP contribution in [0.4, 0.5) is 35.1 Å². The molecule has 0 atom stereocenters. The van der Waals surface area contributed by atoms with Gasteiger partial charge in [-0.2, -0.15) is 36.5 Å². The molecule has 2 aromatic carbocycles. The number of carbonyl (C=O) groups excluding carboxylic acids is 3. The predicted octanol–water partition coefficient (Wildman–Crippen LogP) is 6.77. The number of aromatic nitrogens is 6. The summed E-state index contributed by atoms with van der Waals surface area (Å²) in [5.41, 5.74) is -5.91. The van der Waals surface area contributed by atoms with E-state index in [9.17, 15) is 54.6 Å². The lowest BCUT2D eigenvalue weighted by atomic mass is 9.96. The molecule has 66 heavy (non-hydrogen) atoms. The Kier molecular flexibility index (Phi) is 12.2. The van der Waals surface area contributed by atoms with E-state index in [0.29, 0.717) is 25.2 Å². The molecule has 0 spiro atoms. The molecule has 6 heterocycles. The van der Waals surface area contributed by atoms with Crippen LogP contribution in [0.15, 0.2) is 73.1 Å². The molecule has 14 nitrogen and oxygen atoms in total. The van der Waals surface area contributed by atoms with Gasteiger partial charge in [-0.15, -0.1) is 0 Å². The van der Waals surface area contributed by atoms with Crippen molar-refractivity contribution < 1.29 is 54.6 Å². The fourth-order valence-electron chi connectivity index (χ4n) is 7.83. The number of halogens is 8. The Morgan fingerprint density at radius 1 is 0.652 bits per heavy atom. The van der Waals surface area contributed by atoms with E-state index in [1.165, 1.54) is 54.1 Å². The van der Waals surface area contributed by atoms with Gasteiger partial charge in [-0.1, -0.05) is 0 Å². The van der Waals surface area contributed by atoms with E-state index in [-0.39, 0.29) is 48.0 Å². The Hall–Kier alpha value is -6.55. The molecule has 2 N–H and O–H groups in total. The van der Waals surface area contributed by atoms with Gasteiger partial charge in [0.2, 0.25) is 0 Å². The van der Waals surface area contributed by atoms with Crippen LogP contribution in [0.1, 0.15) is 73.6 Å². The molecule has 2 saturated heterocycles. The Balaban J connectivity index is 0.000000199. The number of rotatable bonds is 5. The predicted molar refractivity (Wildman–Crippen MR) is 223 cm³/mol. The van der Waals surface area contributed by atoms with Crippen LogP contribution < -0.4 is 5.32 Å². The second-order valence-corrected chi connectivity index (χ2v) is 17.7. The maximum absolute atomic E-state index is 13.9. The smallest absolute Gasteiger partial charge is 0.381 e. The van der Waals surface area contributed by atoms with Crippen LogP contribution in [-0.2, 0) is 17.1 Å². The van der Waals surface area contributed by atoms with Crippen LogP contribution in [0.2, 0.25) is 0 Å². The van der Waals surface area contributed by atoms with E-state index in [0.717, 1.165) is 51.6 Å². The fourth-order valence-corrected chi connectivity index (χ4v) is 7.83. The molecule has 0 aliphatic carbocycles. The summed E-state index contributed by atoms with van der Waals surface area (Å²) in [4.78, 5) is 51.3. The standard InChI is InChI=1S/C24H25F4N5O3.C20H19F4N5O/c1-22(2)13-31(21(35)23(3,4)36)9-10-32(22)20(34)18-12-33-19(29-18)16(24(26,27)28)11-17(30-33)14-5-7-15(25)8-6-14;1-19(2)11-25-7-8-28(19)18(30)16-10-29-17(26-16)14(20(22,23)24)9-15(27-29)12-3-5-13(21)6-4-12/h5-8,11-12,36H,9-10,13H2,1-4H3;3-6,9-10,25H,7-8,11H2,1-2H3. The minimum atomic E-state index is -4.78. The Bertz CT molecular complexity index is 2810. The van der Waals surface area contributed by atoms with Crippen molar-refractivity contribution in [2.24, 2.45) is 0 Å². The first kappa shape index (κ1) is 47.4. The molecule has 350 valence electrons. The molecule has 2 aliphatic heterocycles. The minimum absolute atomic E-state index is 0.00581. The van der Waals surface area contributed by atoms with Crippen LogP contribution in [-0.4, -0.2) is 123 Å². The summed E-state index contributed by atoms with van der Waals surface area (Å²) < 4.78 is 111. The van der Waals surface area contributed by atoms with Gasteiger partial charge in [0.15, 0.2) is 11.3 Å². The molecule has 2 aliphatic rings. The first-order valence-corrected chi connectivity index (χ1v) is 20.5. The normalized spacial score (nSPS) is 16.6. The molecule has 0 radical (unpaired) electrons. The molecule has 4 aromatic heterocycles. The van der Waals surface area contributed by atoms with E-state index in [1.807, 2.05) is 13.8 Å². The second-order valence-electron chi connectivity index (χ2n) is 17.7. The lowest BCUT2D eigenvalue weighted by Crippen LogP contribution is -2.64. The summed E-state index contributed by atoms with van der Waals surface area (Å²) in [6.07, 6.45) is -7.16. The molecular formula is C44H44F8N10O4. The zero-order chi connectivity index (χ0) is 48.3. The summed E-state index contributed by atoms with van der Waals surface area (Å²) in [6, 6.07) is 11.5. The highest BCUT2D eigenvalue weighted by Crippen LogP contribution is 2.36. The summed E-state index contributed by atoms with van der Waals surface area (Å²) in [5, 5.41) is 21.6. The van der Waals surface area contributed by atoms with Gasteiger partial charge >= 0.3 is 12.4 Å². The van der Waals surface area contributed by atoms with Crippen molar-refractivity contribution in [3.63, 3.8) is 0 Å². The number of amides is 3. The quantitative estimate of drug-likeness (QED) is 0.179. The van der Waals surface area contributed by atoms with Crippen molar-refractivity contribution in [2.45, 2.75) is 70.6 Å². The van der Waals surface area contributed by atoms with Crippen LogP contribution in [0.25, 0.3) is 33.8 Å². The maximum atomic E-state index is 13.9. The van der Waals surface area contributed by atoms with Gasteiger partial charge in [-0.3, -0.25) is 14.4 Å². The number of hydrogen-bond acceptors (Lipinski definition) is 9. The van der Waals surface area contributed by atoms with Crippen molar-refractivity contribution in [2.75, 3.05) is 39.3 Å². The van der Waals surface area contributed by atoms with Gasteiger partial charge in [0.25, 0.3) is 17.7 Å². The third-order valence-corrected chi connectivity index (χ3v) is 11.2. The molecule has 0 saturated carbocycles. The lowest BCUT2D eigenvalue weighted by molar-refractivity contribution is -0.152. The molecule has 0 bridgehead atoms. The van der Waals surface area contributed by atoms with E-state index in [1.54, 1.807) is 18.7 Å². The van der Waals surface area contributed by atoms with Gasteiger partial charge in [-0.05, 0) is 102 Å². The van der Waals surface area contributed by atoms with E-state index in [4.69, 9.17) is 0 Å². The number of nitrogens with one attached hydrogen (secondary N) is 1. The van der Waals surface area contributed by atoms with Crippen molar-refractivity contribution >= 4 is 29.0 Å². The van der Waals surface area contributed by atoms with Crippen molar-refractivity contribution in [1.29, 1.82) is 0 Å². The van der Waals surface area contributed by atoms with Gasteiger partial charge in [0.1, 0.15) is 39.8 Å². The first-order chi connectivity index (χ1) is 30.6. The average Bonchev–Trinajstić information content (AvgIpc) is 3.86. The lowest BCUT2D eigenvalue weighted by Gasteiger charge is -2.47. The molecule has 8 rings (SSSR count). The average molecular weight is 929 g/mol. The number of benzene rings is 2. The number of alkyl halides is 6. The zero-order valence-electron chi connectivity index (χ0n) is 36.4. The number of nitrogens with zero attached hydrogens (tertiary/aromatic N) is 9. The number of carbonyl (C=O) groups is 3. The number of aliphatic hydroxyl groups is 1. The third-order valence-electron chi connectivity index (χ3n) is 11.2. The topological polar surface area (TPSA) is 154 Å². The Labute approximate surface area is 371 Å². The summed E-state index contributed by atoms with van der Waals surface area (Å²) in [6.45, 7) is 11.9. The summed E-state index contributed by atoms with van der Waals surface area (Å²) >= 11 is 0. The molecule has 22 heteroatoms. The highest BCUT2D eigenvalue weighted by molar-refractivity contribution is 5.94. The molecular weight excluding hydrogens is 885 g/mol. The van der Waals surface area contributed by atoms with Crippen LogP contribution >= 0.6 is 0 Å². The third kappa shape index (κ3) is 9.69. The molecule has 2 fully saturated rings. The first-order valence-electron chi connectivity index (χ1n) is 20.5. The van der Waals surface area contributed by atoms with Crippen LogP contribution in [0, 0.1) is 11.6 Å². The largest absolute Gasteiger partial charge is 0.420 e. The van der Waals surface area contributed by atoms with Gasteiger partial charge < -0.3 is 25.1 Å². The number of piperazine rings is 2. The van der Waals surface area contributed by atoms with Gasteiger partial charge in [0, 0.05) is 50.4 Å². The number of fused-ring (bicyclic) bond motifs is 2. The van der Waals surface area contributed by atoms with Crippen LogP contribution in [0.5, 0.6) is 0 Å². The highest BCUT2D eigenvalue weighted by atomic mass is 19.4.